The van der Waals surface area contributed by atoms with Gasteiger partial charge in [0.05, 0.1) is 4.47 Å². The largest absolute Gasteiger partial charge is 0.384 e. The standard InChI is InChI=1S/C12H11BrFN3/c1-2-8-6-11(15)17-12(16-8)7-3-4-9(13)10(14)5-7/h3-6H,2H2,1H3,(H2,15,16,17). The summed E-state index contributed by atoms with van der Waals surface area (Å²) in [6, 6.07) is 6.49. The van der Waals surface area contributed by atoms with Crippen LogP contribution in [0.5, 0.6) is 0 Å². The van der Waals surface area contributed by atoms with Gasteiger partial charge in [0.15, 0.2) is 5.82 Å². The molecule has 0 aliphatic rings. The lowest BCUT2D eigenvalue weighted by Crippen LogP contribution is -1.99. The molecule has 0 fully saturated rings. The second-order valence-corrected chi connectivity index (χ2v) is 4.44. The van der Waals surface area contributed by atoms with Crippen LogP contribution in [0.4, 0.5) is 10.2 Å². The second kappa shape index (κ2) is 4.79. The molecular formula is C12H11BrFN3. The molecule has 0 spiro atoms. The van der Waals surface area contributed by atoms with E-state index in [0.29, 0.717) is 21.7 Å². The van der Waals surface area contributed by atoms with Crippen LogP contribution in [-0.4, -0.2) is 9.97 Å². The molecular weight excluding hydrogens is 285 g/mol. The molecule has 0 saturated heterocycles. The molecule has 2 N–H and O–H groups in total. The molecule has 0 radical (unpaired) electrons. The van der Waals surface area contributed by atoms with Gasteiger partial charge < -0.3 is 5.73 Å². The Morgan fingerprint density at radius 3 is 2.71 bits per heavy atom. The van der Waals surface area contributed by atoms with Crippen LogP contribution in [0.1, 0.15) is 12.6 Å². The lowest BCUT2D eigenvalue weighted by Gasteiger charge is -2.05. The Kier molecular flexibility index (Phi) is 3.38. The fraction of sp³-hybridized carbons (Fsp3) is 0.167. The molecule has 3 nitrogen and oxygen atoms in total. The van der Waals surface area contributed by atoms with E-state index in [1.165, 1.54) is 6.07 Å². The van der Waals surface area contributed by atoms with Crippen molar-refractivity contribution in [3.05, 3.63) is 40.2 Å². The Morgan fingerprint density at radius 2 is 2.06 bits per heavy atom. The van der Waals surface area contributed by atoms with Crippen LogP contribution in [0.2, 0.25) is 0 Å². The minimum Gasteiger partial charge on any atom is -0.384 e. The summed E-state index contributed by atoms with van der Waals surface area (Å²) in [6.45, 7) is 1.98. The smallest absolute Gasteiger partial charge is 0.161 e. The third kappa shape index (κ3) is 2.61. The summed E-state index contributed by atoms with van der Waals surface area (Å²) in [6.07, 6.45) is 0.763. The lowest BCUT2D eigenvalue weighted by atomic mass is 10.2. The van der Waals surface area contributed by atoms with E-state index in [1.54, 1.807) is 18.2 Å². The van der Waals surface area contributed by atoms with E-state index in [9.17, 15) is 4.39 Å². The van der Waals surface area contributed by atoms with Gasteiger partial charge >= 0.3 is 0 Å². The SMILES string of the molecule is CCc1cc(N)nc(-c2ccc(Br)c(F)c2)n1. The molecule has 5 heteroatoms. The van der Waals surface area contributed by atoms with Crippen LogP contribution >= 0.6 is 15.9 Å². The van der Waals surface area contributed by atoms with Crippen LogP contribution in [0.3, 0.4) is 0 Å². The first-order valence-corrected chi connectivity index (χ1v) is 5.98. The van der Waals surface area contributed by atoms with Crippen molar-refractivity contribution in [2.45, 2.75) is 13.3 Å². The van der Waals surface area contributed by atoms with Gasteiger partial charge in [0.2, 0.25) is 0 Å². The van der Waals surface area contributed by atoms with Crippen molar-refractivity contribution in [1.82, 2.24) is 9.97 Å². The van der Waals surface area contributed by atoms with Crippen molar-refractivity contribution in [3.8, 4) is 11.4 Å². The maximum Gasteiger partial charge on any atom is 0.161 e. The van der Waals surface area contributed by atoms with Gasteiger partial charge in [0.1, 0.15) is 11.6 Å². The van der Waals surface area contributed by atoms with Crippen LogP contribution < -0.4 is 5.73 Å². The molecule has 0 unspecified atom stereocenters. The molecule has 1 heterocycles. The third-order valence-corrected chi connectivity index (χ3v) is 2.98. The number of anilines is 1. The van der Waals surface area contributed by atoms with E-state index >= 15 is 0 Å². The molecule has 17 heavy (non-hydrogen) atoms. The van der Waals surface area contributed by atoms with E-state index in [0.717, 1.165) is 12.1 Å². The Balaban J connectivity index is 2.52. The molecule has 1 aromatic carbocycles. The normalized spacial score (nSPS) is 10.5. The molecule has 0 amide bonds. The van der Waals surface area contributed by atoms with Crippen molar-refractivity contribution in [1.29, 1.82) is 0 Å². The number of nitrogen functional groups attached to an aromatic ring is 1. The van der Waals surface area contributed by atoms with Gasteiger partial charge in [-0.3, -0.25) is 0 Å². The minimum atomic E-state index is -0.341. The van der Waals surface area contributed by atoms with Crippen molar-refractivity contribution in [2.24, 2.45) is 0 Å². The molecule has 1 aromatic heterocycles. The van der Waals surface area contributed by atoms with E-state index in [1.807, 2.05) is 6.92 Å². The fourth-order valence-corrected chi connectivity index (χ4v) is 1.71. The average molecular weight is 296 g/mol. The zero-order chi connectivity index (χ0) is 12.4. The predicted octanol–water partition coefficient (Wildman–Crippen LogP) is 3.19. The summed E-state index contributed by atoms with van der Waals surface area (Å²) < 4.78 is 13.8. The molecule has 2 aromatic rings. The van der Waals surface area contributed by atoms with Crippen LogP contribution in [0.15, 0.2) is 28.7 Å². The summed E-state index contributed by atoms with van der Waals surface area (Å²) >= 11 is 3.10. The van der Waals surface area contributed by atoms with Gasteiger partial charge in [-0.1, -0.05) is 6.92 Å². The topological polar surface area (TPSA) is 51.8 Å². The van der Waals surface area contributed by atoms with E-state index in [-0.39, 0.29) is 5.82 Å². The first-order chi connectivity index (χ1) is 8.10. The Bertz CT molecular complexity index is 557. The predicted molar refractivity (Wildman–Crippen MR) is 68.9 cm³/mol. The number of nitrogens with zero attached hydrogens (tertiary/aromatic N) is 2. The van der Waals surface area contributed by atoms with Crippen molar-refractivity contribution in [3.63, 3.8) is 0 Å². The highest BCUT2D eigenvalue weighted by Gasteiger charge is 2.07. The maximum atomic E-state index is 13.4. The zero-order valence-electron chi connectivity index (χ0n) is 9.24. The Labute approximate surface area is 107 Å². The summed E-state index contributed by atoms with van der Waals surface area (Å²) in [4.78, 5) is 8.43. The highest BCUT2D eigenvalue weighted by Crippen LogP contribution is 2.23. The first-order valence-electron chi connectivity index (χ1n) is 5.19. The van der Waals surface area contributed by atoms with E-state index < -0.39 is 0 Å². The number of rotatable bonds is 2. The average Bonchev–Trinajstić information content (AvgIpc) is 2.32. The quantitative estimate of drug-likeness (QED) is 0.926. The van der Waals surface area contributed by atoms with Crippen molar-refractivity contribution < 1.29 is 4.39 Å². The molecule has 2 rings (SSSR count). The maximum absolute atomic E-state index is 13.4. The van der Waals surface area contributed by atoms with Crippen LogP contribution in [0.25, 0.3) is 11.4 Å². The molecule has 88 valence electrons. The number of benzene rings is 1. The third-order valence-electron chi connectivity index (χ3n) is 2.34. The summed E-state index contributed by atoms with van der Waals surface area (Å²) in [7, 11) is 0. The molecule has 0 aliphatic heterocycles. The highest BCUT2D eigenvalue weighted by atomic mass is 79.9. The van der Waals surface area contributed by atoms with Crippen molar-refractivity contribution in [2.75, 3.05) is 5.73 Å². The summed E-state index contributed by atoms with van der Waals surface area (Å²) in [5, 5.41) is 0. The van der Waals surface area contributed by atoms with Gasteiger partial charge in [-0.15, -0.1) is 0 Å². The molecule has 0 aliphatic carbocycles. The number of hydrogen-bond donors (Lipinski definition) is 1. The highest BCUT2D eigenvalue weighted by molar-refractivity contribution is 9.10. The van der Waals surface area contributed by atoms with Gasteiger partial charge in [0, 0.05) is 17.3 Å². The summed E-state index contributed by atoms with van der Waals surface area (Å²) in [5.41, 5.74) is 7.15. The monoisotopic (exact) mass is 295 g/mol. The number of hydrogen-bond acceptors (Lipinski definition) is 3. The van der Waals surface area contributed by atoms with Gasteiger partial charge in [0.25, 0.3) is 0 Å². The first kappa shape index (κ1) is 12.0. The van der Waals surface area contributed by atoms with Gasteiger partial charge in [-0.05, 0) is 40.5 Å². The number of halogens is 2. The number of aromatic nitrogens is 2. The Morgan fingerprint density at radius 1 is 1.29 bits per heavy atom. The van der Waals surface area contributed by atoms with E-state index in [2.05, 4.69) is 25.9 Å². The fourth-order valence-electron chi connectivity index (χ4n) is 1.46. The Hall–Kier alpha value is -1.49. The van der Waals surface area contributed by atoms with Gasteiger partial charge in [-0.25, -0.2) is 14.4 Å². The van der Waals surface area contributed by atoms with Crippen molar-refractivity contribution >= 4 is 21.7 Å². The summed E-state index contributed by atoms with van der Waals surface area (Å²) in [5.74, 6) is 0.509. The molecule has 0 bridgehead atoms. The number of aryl methyl sites for hydroxylation is 1. The zero-order valence-corrected chi connectivity index (χ0v) is 10.8. The van der Waals surface area contributed by atoms with Crippen LogP contribution in [0, 0.1) is 5.82 Å². The number of nitrogens with two attached hydrogens (primary N) is 1. The molecule has 0 saturated carbocycles. The second-order valence-electron chi connectivity index (χ2n) is 3.59. The lowest BCUT2D eigenvalue weighted by molar-refractivity contribution is 0.621. The van der Waals surface area contributed by atoms with E-state index in [4.69, 9.17) is 5.73 Å². The van der Waals surface area contributed by atoms with Gasteiger partial charge in [-0.2, -0.15) is 0 Å². The molecule has 0 atom stereocenters. The minimum absolute atomic E-state index is 0.341. The van der Waals surface area contributed by atoms with Crippen LogP contribution in [-0.2, 0) is 6.42 Å².